The number of rotatable bonds is 6. The number of halogens is 1. The number of hydrogen-bond acceptors (Lipinski definition) is 4. The van der Waals surface area contributed by atoms with Gasteiger partial charge in [0.1, 0.15) is 0 Å². The van der Waals surface area contributed by atoms with Crippen LogP contribution in [-0.4, -0.2) is 23.5 Å². The third kappa shape index (κ3) is 3.92. The Balaban J connectivity index is 2.11. The van der Waals surface area contributed by atoms with E-state index in [-0.39, 0.29) is 11.6 Å². The molecule has 0 unspecified atom stereocenters. The van der Waals surface area contributed by atoms with Crippen LogP contribution >= 0.6 is 11.6 Å². The summed E-state index contributed by atoms with van der Waals surface area (Å²) in [5, 5.41) is 10.8. The predicted octanol–water partition coefficient (Wildman–Crippen LogP) is 3.41. The molecule has 0 aliphatic heterocycles. The normalized spacial score (nSPS) is 10.4. The molecular formula is C15H16ClN3O2. The molecule has 0 spiro atoms. The Kier molecular flexibility index (Phi) is 5.11. The number of anilines is 1. The molecule has 0 radical (unpaired) electrons. The molecule has 21 heavy (non-hydrogen) atoms. The minimum absolute atomic E-state index is 0.0666. The summed E-state index contributed by atoms with van der Waals surface area (Å²) in [7, 11) is 1.96. The van der Waals surface area contributed by atoms with Gasteiger partial charge in [-0.1, -0.05) is 0 Å². The lowest BCUT2D eigenvalue weighted by atomic mass is 10.1. The molecule has 0 bridgehead atoms. The largest absolute Gasteiger partial charge is 0.374 e. The summed E-state index contributed by atoms with van der Waals surface area (Å²) in [6.45, 7) is 0.797. The van der Waals surface area contributed by atoms with Crippen molar-refractivity contribution in [3.63, 3.8) is 0 Å². The number of aromatic nitrogens is 1. The van der Waals surface area contributed by atoms with Gasteiger partial charge in [-0.3, -0.25) is 15.1 Å². The summed E-state index contributed by atoms with van der Waals surface area (Å²) < 4.78 is 0. The number of benzene rings is 1. The van der Waals surface area contributed by atoms with Gasteiger partial charge in [-0.2, -0.15) is 0 Å². The average molecular weight is 306 g/mol. The highest BCUT2D eigenvalue weighted by atomic mass is 35.5. The van der Waals surface area contributed by atoms with Gasteiger partial charge in [0.25, 0.3) is 5.69 Å². The summed E-state index contributed by atoms with van der Waals surface area (Å²) in [4.78, 5) is 16.4. The molecule has 110 valence electrons. The fourth-order valence-corrected chi connectivity index (χ4v) is 2.35. The van der Waals surface area contributed by atoms with Crippen molar-refractivity contribution in [2.24, 2.45) is 0 Å². The molecule has 0 amide bonds. The van der Waals surface area contributed by atoms with Gasteiger partial charge in [-0.25, -0.2) is 0 Å². The van der Waals surface area contributed by atoms with Crippen molar-refractivity contribution < 1.29 is 4.92 Å². The van der Waals surface area contributed by atoms with Crippen molar-refractivity contribution >= 4 is 23.0 Å². The lowest BCUT2D eigenvalue weighted by Gasteiger charge is -2.21. The Bertz CT molecular complexity index is 620. The fourth-order valence-electron chi connectivity index (χ4n) is 2.13. The maximum Gasteiger partial charge on any atom is 0.269 e. The van der Waals surface area contributed by atoms with E-state index in [4.69, 9.17) is 11.6 Å². The molecule has 1 heterocycles. The smallest absolute Gasteiger partial charge is 0.269 e. The van der Waals surface area contributed by atoms with Crippen molar-refractivity contribution in [1.82, 2.24) is 4.98 Å². The first-order chi connectivity index (χ1) is 10.1. The minimum atomic E-state index is -0.406. The van der Waals surface area contributed by atoms with Crippen LogP contribution in [0.15, 0.2) is 42.7 Å². The van der Waals surface area contributed by atoms with Crippen LogP contribution < -0.4 is 4.90 Å². The fraction of sp³-hybridized carbons (Fsp3) is 0.267. The number of non-ortho nitro benzene ring substituents is 1. The lowest BCUT2D eigenvalue weighted by Crippen LogP contribution is -2.21. The average Bonchev–Trinajstić information content (AvgIpc) is 2.52. The van der Waals surface area contributed by atoms with E-state index in [2.05, 4.69) is 9.88 Å². The van der Waals surface area contributed by atoms with Crippen LogP contribution in [-0.2, 0) is 12.3 Å². The van der Waals surface area contributed by atoms with Crippen molar-refractivity contribution in [3.8, 4) is 0 Å². The third-order valence-electron chi connectivity index (χ3n) is 3.31. The van der Waals surface area contributed by atoms with Gasteiger partial charge in [0, 0.05) is 49.7 Å². The maximum absolute atomic E-state index is 10.8. The second-order valence-corrected chi connectivity index (χ2v) is 5.00. The van der Waals surface area contributed by atoms with E-state index in [1.807, 2.05) is 19.2 Å². The Morgan fingerprint density at radius 1 is 1.29 bits per heavy atom. The van der Waals surface area contributed by atoms with Gasteiger partial charge >= 0.3 is 0 Å². The number of nitro groups is 1. The standard InChI is InChI=1S/C15H16ClN3O2/c1-18(9-6-12-4-7-17-8-5-12)15-3-2-14(19(20)21)10-13(15)11-16/h2-5,7-8,10H,6,9,11H2,1H3. The highest BCUT2D eigenvalue weighted by Crippen LogP contribution is 2.26. The second-order valence-electron chi connectivity index (χ2n) is 4.73. The summed E-state index contributed by atoms with van der Waals surface area (Å²) >= 11 is 5.91. The minimum Gasteiger partial charge on any atom is -0.374 e. The van der Waals surface area contributed by atoms with Crippen LogP contribution in [0, 0.1) is 10.1 Å². The molecule has 1 aromatic carbocycles. The number of hydrogen-bond donors (Lipinski definition) is 0. The number of pyridine rings is 1. The number of nitrogens with zero attached hydrogens (tertiary/aromatic N) is 3. The van der Waals surface area contributed by atoms with Crippen LogP contribution in [0.25, 0.3) is 0 Å². The Morgan fingerprint density at radius 3 is 2.62 bits per heavy atom. The SMILES string of the molecule is CN(CCc1ccncc1)c1ccc([N+](=O)[O-])cc1CCl. The molecule has 0 aliphatic carbocycles. The molecule has 1 aromatic heterocycles. The summed E-state index contributed by atoms with van der Waals surface area (Å²) in [6.07, 6.45) is 4.41. The van der Waals surface area contributed by atoms with Gasteiger partial charge in [0.2, 0.25) is 0 Å². The highest BCUT2D eigenvalue weighted by molar-refractivity contribution is 6.17. The Hall–Kier alpha value is -2.14. The van der Waals surface area contributed by atoms with E-state index in [0.29, 0.717) is 0 Å². The highest BCUT2D eigenvalue weighted by Gasteiger charge is 2.13. The van der Waals surface area contributed by atoms with E-state index < -0.39 is 4.92 Å². The summed E-state index contributed by atoms with van der Waals surface area (Å²) in [5.41, 5.74) is 2.95. The van der Waals surface area contributed by atoms with E-state index in [9.17, 15) is 10.1 Å². The quantitative estimate of drug-likeness (QED) is 0.466. The Labute approximate surface area is 128 Å². The first-order valence-electron chi connectivity index (χ1n) is 6.55. The zero-order chi connectivity index (χ0) is 15.2. The second kappa shape index (κ2) is 7.04. The molecular weight excluding hydrogens is 290 g/mol. The molecule has 0 N–H and O–H groups in total. The van der Waals surface area contributed by atoms with Crippen LogP contribution in [0.3, 0.4) is 0 Å². The van der Waals surface area contributed by atoms with Gasteiger partial charge < -0.3 is 4.90 Å². The molecule has 0 aliphatic rings. The van der Waals surface area contributed by atoms with Gasteiger partial charge in [0.05, 0.1) is 4.92 Å². The third-order valence-corrected chi connectivity index (χ3v) is 3.60. The Morgan fingerprint density at radius 2 is 2.00 bits per heavy atom. The number of likely N-dealkylation sites (N-methyl/N-ethyl adjacent to an activating group) is 1. The molecule has 5 nitrogen and oxygen atoms in total. The number of alkyl halides is 1. The first kappa shape index (κ1) is 15.3. The van der Waals surface area contributed by atoms with Crippen molar-refractivity contribution in [1.29, 1.82) is 0 Å². The van der Waals surface area contributed by atoms with Crippen molar-refractivity contribution in [2.45, 2.75) is 12.3 Å². The maximum atomic E-state index is 10.8. The molecule has 2 rings (SSSR count). The van der Waals surface area contributed by atoms with Crippen LogP contribution in [0.4, 0.5) is 11.4 Å². The van der Waals surface area contributed by atoms with E-state index in [1.165, 1.54) is 17.7 Å². The summed E-state index contributed by atoms with van der Waals surface area (Å²) in [6, 6.07) is 8.75. The van der Waals surface area contributed by atoms with Crippen molar-refractivity contribution in [3.05, 3.63) is 64.0 Å². The van der Waals surface area contributed by atoms with E-state index in [0.717, 1.165) is 24.2 Å². The molecule has 0 atom stereocenters. The van der Waals surface area contributed by atoms with Crippen LogP contribution in [0.2, 0.25) is 0 Å². The van der Waals surface area contributed by atoms with Crippen molar-refractivity contribution in [2.75, 3.05) is 18.5 Å². The van der Waals surface area contributed by atoms with Gasteiger partial charge in [-0.15, -0.1) is 11.6 Å². The molecule has 0 saturated carbocycles. The first-order valence-corrected chi connectivity index (χ1v) is 7.08. The van der Waals surface area contributed by atoms with Crippen LogP contribution in [0.5, 0.6) is 0 Å². The topological polar surface area (TPSA) is 59.3 Å². The molecule has 0 saturated heterocycles. The van der Waals surface area contributed by atoms with Gasteiger partial charge in [0.15, 0.2) is 0 Å². The monoisotopic (exact) mass is 305 g/mol. The molecule has 6 heteroatoms. The number of nitro benzene ring substituents is 1. The zero-order valence-electron chi connectivity index (χ0n) is 11.7. The molecule has 2 aromatic rings. The van der Waals surface area contributed by atoms with Crippen LogP contribution in [0.1, 0.15) is 11.1 Å². The van der Waals surface area contributed by atoms with E-state index >= 15 is 0 Å². The lowest BCUT2D eigenvalue weighted by molar-refractivity contribution is -0.384. The zero-order valence-corrected chi connectivity index (χ0v) is 12.5. The van der Waals surface area contributed by atoms with Gasteiger partial charge in [-0.05, 0) is 35.7 Å². The summed E-state index contributed by atoms with van der Waals surface area (Å²) in [5.74, 6) is 0.247. The predicted molar refractivity (Wildman–Crippen MR) is 83.9 cm³/mol. The molecule has 0 fully saturated rings. The van der Waals surface area contributed by atoms with E-state index in [1.54, 1.807) is 18.5 Å².